The lowest BCUT2D eigenvalue weighted by atomic mass is 10.2. The van der Waals surface area contributed by atoms with Crippen LogP contribution in [-0.4, -0.2) is 25.5 Å². The summed E-state index contributed by atoms with van der Waals surface area (Å²) in [4.78, 5) is 8.82. The van der Waals surface area contributed by atoms with E-state index in [1.807, 2.05) is 38.1 Å². The Kier molecular flexibility index (Phi) is 5.71. The Morgan fingerprint density at radius 3 is 2.41 bits per heavy atom. The van der Waals surface area contributed by atoms with Crippen molar-refractivity contribution in [3.05, 3.63) is 59.4 Å². The zero-order valence-electron chi connectivity index (χ0n) is 16.6. The number of aromatic nitrogens is 2. The summed E-state index contributed by atoms with van der Waals surface area (Å²) in [6.45, 7) is 5.55. The molecule has 29 heavy (non-hydrogen) atoms. The van der Waals surface area contributed by atoms with Crippen LogP contribution in [0.5, 0.6) is 5.75 Å². The topological polar surface area (TPSA) is 119 Å². The number of nitrogens with zero attached hydrogens (tertiary/aromatic N) is 2. The van der Waals surface area contributed by atoms with Gasteiger partial charge < -0.3 is 15.4 Å². The van der Waals surface area contributed by atoms with Crippen molar-refractivity contribution in [2.75, 3.05) is 17.7 Å². The molecule has 1 aromatic carbocycles. The number of sulfonamides is 1. The maximum absolute atomic E-state index is 11.8. The summed E-state index contributed by atoms with van der Waals surface area (Å²) in [5.41, 5.74) is 3.79. The molecular formula is C20H23N5O3S. The highest BCUT2D eigenvalue weighted by atomic mass is 32.2. The van der Waals surface area contributed by atoms with Crippen LogP contribution in [-0.2, 0) is 10.0 Å². The number of nitrogens with two attached hydrogens (primary N) is 1. The lowest BCUT2D eigenvalue weighted by Gasteiger charge is -2.15. The molecular weight excluding hydrogens is 390 g/mol. The monoisotopic (exact) mass is 413 g/mol. The predicted octanol–water partition coefficient (Wildman–Crippen LogP) is 3.55. The van der Waals surface area contributed by atoms with Gasteiger partial charge in [0.25, 0.3) is 0 Å². The molecule has 0 amide bonds. The average molecular weight is 414 g/mol. The van der Waals surface area contributed by atoms with Crippen molar-refractivity contribution in [2.45, 2.75) is 25.7 Å². The lowest BCUT2D eigenvalue weighted by Crippen LogP contribution is -2.14. The summed E-state index contributed by atoms with van der Waals surface area (Å²) >= 11 is 0. The van der Waals surface area contributed by atoms with Crippen LogP contribution in [0.25, 0.3) is 0 Å². The molecule has 0 bridgehead atoms. The lowest BCUT2D eigenvalue weighted by molar-refractivity contribution is 0.415. The van der Waals surface area contributed by atoms with Crippen LogP contribution in [0.3, 0.4) is 0 Å². The number of benzene rings is 1. The highest BCUT2D eigenvalue weighted by Gasteiger charge is 2.16. The van der Waals surface area contributed by atoms with Gasteiger partial charge in [-0.05, 0) is 56.2 Å². The van der Waals surface area contributed by atoms with Crippen LogP contribution in [0.15, 0.2) is 47.5 Å². The van der Waals surface area contributed by atoms with Crippen molar-refractivity contribution in [1.29, 1.82) is 0 Å². The second-order valence-electron chi connectivity index (χ2n) is 6.71. The molecule has 0 aliphatic carbocycles. The molecule has 2 aromatic heterocycles. The fourth-order valence-electron chi connectivity index (χ4n) is 2.94. The molecule has 8 nitrogen and oxygen atoms in total. The van der Waals surface area contributed by atoms with E-state index in [0.717, 1.165) is 22.8 Å². The average Bonchev–Trinajstić information content (AvgIpc) is 2.60. The number of pyridine rings is 2. The number of hydrogen-bond acceptors (Lipinski definition) is 7. The van der Waals surface area contributed by atoms with E-state index >= 15 is 0 Å². The molecule has 0 atom stereocenters. The van der Waals surface area contributed by atoms with E-state index in [0.29, 0.717) is 22.8 Å². The van der Waals surface area contributed by atoms with Crippen molar-refractivity contribution in [2.24, 2.45) is 5.14 Å². The van der Waals surface area contributed by atoms with Gasteiger partial charge in [0.05, 0.1) is 17.7 Å². The molecule has 2 heterocycles. The molecule has 0 aliphatic rings. The van der Waals surface area contributed by atoms with Crippen LogP contribution < -0.4 is 20.5 Å². The Morgan fingerprint density at radius 2 is 1.76 bits per heavy atom. The molecule has 4 N–H and O–H groups in total. The van der Waals surface area contributed by atoms with Gasteiger partial charge in [0.1, 0.15) is 17.4 Å². The Morgan fingerprint density at radius 1 is 1.00 bits per heavy atom. The first-order valence-electron chi connectivity index (χ1n) is 8.82. The number of rotatable bonds is 6. The fraction of sp³-hybridized carbons (Fsp3) is 0.200. The van der Waals surface area contributed by atoms with E-state index in [9.17, 15) is 8.42 Å². The van der Waals surface area contributed by atoms with Gasteiger partial charge in [-0.2, -0.15) is 0 Å². The van der Waals surface area contributed by atoms with Gasteiger partial charge in [0, 0.05) is 29.7 Å². The van der Waals surface area contributed by atoms with Gasteiger partial charge in [-0.1, -0.05) is 0 Å². The Balaban J connectivity index is 1.94. The molecule has 0 radical (unpaired) electrons. The van der Waals surface area contributed by atoms with E-state index in [4.69, 9.17) is 9.88 Å². The zero-order valence-corrected chi connectivity index (χ0v) is 17.5. The number of hydrogen-bond donors (Lipinski definition) is 3. The van der Waals surface area contributed by atoms with Crippen LogP contribution in [0.2, 0.25) is 0 Å². The first-order chi connectivity index (χ1) is 13.7. The molecule has 0 saturated heterocycles. The van der Waals surface area contributed by atoms with E-state index in [-0.39, 0.29) is 4.90 Å². The quantitative estimate of drug-likeness (QED) is 0.565. The van der Waals surface area contributed by atoms with Crippen LogP contribution in [0.4, 0.5) is 23.0 Å². The van der Waals surface area contributed by atoms with Crippen molar-refractivity contribution in [1.82, 2.24) is 9.97 Å². The van der Waals surface area contributed by atoms with E-state index in [2.05, 4.69) is 20.6 Å². The maximum atomic E-state index is 11.8. The van der Waals surface area contributed by atoms with Crippen LogP contribution in [0, 0.1) is 20.8 Å². The van der Waals surface area contributed by atoms with Crippen molar-refractivity contribution >= 4 is 33.0 Å². The third-order valence-corrected chi connectivity index (χ3v) is 5.26. The first kappa shape index (κ1) is 20.6. The number of aryl methyl sites for hydroxylation is 3. The molecule has 0 fully saturated rings. The molecule has 0 aliphatic heterocycles. The Hall–Kier alpha value is -3.17. The van der Waals surface area contributed by atoms with Gasteiger partial charge >= 0.3 is 0 Å². The Labute approximate surface area is 170 Å². The molecule has 0 unspecified atom stereocenters. The summed E-state index contributed by atoms with van der Waals surface area (Å²) in [6, 6.07) is 10.7. The predicted molar refractivity (Wildman–Crippen MR) is 114 cm³/mol. The molecule has 9 heteroatoms. The molecule has 152 valence electrons. The second-order valence-corrected chi connectivity index (χ2v) is 8.24. The van der Waals surface area contributed by atoms with Crippen molar-refractivity contribution in [3.63, 3.8) is 0 Å². The largest absolute Gasteiger partial charge is 0.495 e. The first-order valence-corrected chi connectivity index (χ1v) is 10.4. The van der Waals surface area contributed by atoms with E-state index in [1.54, 1.807) is 19.2 Å². The minimum Gasteiger partial charge on any atom is -0.495 e. The zero-order chi connectivity index (χ0) is 21.2. The Bertz CT molecular complexity index is 1160. The third kappa shape index (κ3) is 5.01. The third-order valence-electron chi connectivity index (χ3n) is 4.21. The number of nitrogens with one attached hydrogen (secondary N) is 2. The van der Waals surface area contributed by atoms with Gasteiger partial charge in [-0.15, -0.1) is 0 Å². The highest BCUT2D eigenvalue weighted by molar-refractivity contribution is 7.89. The highest BCUT2D eigenvalue weighted by Crippen LogP contribution is 2.33. The number of ether oxygens (including phenoxy) is 1. The normalized spacial score (nSPS) is 11.2. The second kappa shape index (κ2) is 8.06. The fourth-order valence-corrected chi connectivity index (χ4v) is 3.72. The minimum absolute atomic E-state index is 0.0185. The van der Waals surface area contributed by atoms with Crippen molar-refractivity contribution in [3.8, 4) is 5.75 Å². The summed E-state index contributed by atoms with van der Waals surface area (Å²) in [7, 11) is -2.39. The van der Waals surface area contributed by atoms with Gasteiger partial charge in [-0.25, -0.2) is 23.5 Å². The van der Waals surface area contributed by atoms with Gasteiger partial charge in [0.15, 0.2) is 0 Å². The molecule has 0 saturated carbocycles. The van der Waals surface area contributed by atoms with E-state index < -0.39 is 10.0 Å². The molecule has 3 aromatic rings. The number of methoxy groups -OCH3 is 1. The van der Waals surface area contributed by atoms with Crippen LogP contribution >= 0.6 is 0 Å². The molecule has 3 rings (SSSR count). The summed E-state index contributed by atoms with van der Waals surface area (Å²) in [5.74, 6) is 1.64. The smallest absolute Gasteiger partial charge is 0.238 e. The van der Waals surface area contributed by atoms with Crippen molar-refractivity contribution < 1.29 is 13.2 Å². The summed E-state index contributed by atoms with van der Waals surface area (Å²) in [6.07, 6.45) is 1.74. The number of anilines is 4. The standard InChI is InChI=1S/C20H23N5O3S/c1-12-5-6-22-19(7-12)24-15-9-14(3)23-20(10-15)25-16-8-13(2)18(29(21,26)27)11-17(16)28-4/h5-11H,1-4H3,(H2,21,26,27)(H2,22,23,24,25). The molecule has 0 spiro atoms. The summed E-state index contributed by atoms with van der Waals surface area (Å²) in [5, 5.41) is 11.7. The van der Waals surface area contributed by atoms with E-state index in [1.165, 1.54) is 13.2 Å². The summed E-state index contributed by atoms with van der Waals surface area (Å²) < 4.78 is 28.8. The van der Waals surface area contributed by atoms with Crippen LogP contribution in [0.1, 0.15) is 16.8 Å². The number of primary sulfonamides is 1. The minimum atomic E-state index is -3.85. The van der Waals surface area contributed by atoms with Gasteiger partial charge in [-0.3, -0.25) is 0 Å². The maximum Gasteiger partial charge on any atom is 0.238 e. The van der Waals surface area contributed by atoms with Gasteiger partial charge in [0.2, 0.25) is 10.0 Å². The SMILES string of the molecule is COc1cc(S(N)(=O)=O)c(C)cc1Nc1cc(Nc2cc(C)ccn2)cc(C)n1.